The summed E-state index contributed by atoms with van der Waals surface area (Å²) in [4.78, 5) is 19.0. The highest BCUT2D eigenvalue weighted by molar-refractivity contribution is 7.10. The highest BCUT2D eigenvalue weighted by Gasteiger charge is 2.34. The van der Waals surface area contributed by atoms with Gasteiger partial charge in [0.1, 0.15) is 12.4 Å². The maximum absolute atomic E-state index is 13.4. The number of nitrogens with zero attached hydrogens (tertiary/aromatic N) is 2. The lowest BCUT2D eigenvalue weighted by molar-refractivity contribution is -0.136. The number of carbonyl (C=O) groups excluding carboxylic acids is 1. The van der Waals surface area contributed by atoms with E-state index in [1.807, 2.05) is 30.0 Å². The number of aryl methyl sites for hydroxylation is 1. The van der Waals surface area contributed by atoms with Crippen molar-refractivity contribution in [1.82, 2.24) is 9.80 Å². The molecule has 0 spiro atoms. The van der Waals surface area contributed by atoms with E-state index in [2.05, 4.69) is 29.3 Å². The maximum Gasteiger partial charge on any atom is 0.237 e. The van der Waals surface area contributed by atoms with Gasteiger partial charge >= 0.3 is 0 Å². The number of hydrogen-bond donors (Lipinski definition) is 1. The van der Waals surface area contributed by atoms with Crippen LogP contribution in [0.1, 0.15) is 48.2 Å². The summed E-state index contributed by atoms with van der Waals surface area (Å²) in [5.41, 5.74) is 2.38. The van der Waals surface area contributed by atoms with E-state index < -0.39 is 0 Å². The van der Waals surface area contributed by atoms with Crippen molar-refractivity contribution in [2.75, 3.05) is 32.8 Å². The van der Waals surface area contributed by atoms with Crippen molar-refractivity contribution in [3.05, 3.63) is 51.7 Å². The molecule has 2 aliphatic rings. The van der Waals surface area contributed by atoms with Gasteiger partial charge in [0.25, 0.3) is 0 Å². The van der Waals surface area contributed by atoms with Crippen LogP contribution >= 0.6 is 11.3 Å². The molecule has 0 unspecified atom stereocenters. The molecule has 1 aromatic heterocycles. The molecule has 0 radical (unpaired) electrons. The summed E-state index contributed by atoms with van der Waals surface area (Å²) < 4.78 is 6.15. The van der Waals surface area contributed by atoms with Crippen molar-refractivity contribution < 1.29 is 14.6 Å². The maximum atomic E-state index is 13.4. The molecule has 1 aromatic carbocycles. The second kappa shape index (κ2) is 10.2. The van der Waals surface area contributed by atoms with E-state index in [0.717, 1.165) is 30.8 Å². The third kappa shape index (κ3) is 5.88. The van der Waals surface area contributed by atoms with Gasteiger partial charge in [-0.05, 0) is 73.2 Å². The Morgan fingerprint density at radius 3 is 2.94 bits per heavy atom. The van der Waals surface area contributed by atoms with Crippen LogP contribution in [-0.2, 0) is 11.2 Å². The number of benzene rings is 1. The van der Waals surface area contributed by atoms with Crippen LogP contribution in [-0.4, -0.2) is 59.7 Å². The second-order valence-corrected chi connectivity index (χ2v) is 9.98. The molecule has 2 atom stereocenters. The van der Waals surface area contributed by atoms with Crippen LogP contribution in [0.5, 0.6) is 5.75 Å². The zero-order chi connectivity index (χ0) is 21.8. The number of aliphatic hydroxyl groups is 1. The normalized spacial score (nSPS) is 19.4. The Morgan fingerprint density at radius 1 is 1.35 bits per heavy atom. The molecule has 1 fully saturated rings. The monoisotopic (exact) mass is 442 g/mol. The quantitative estimate of drug-likeness (QED) is 0.603. The highest BCUT2D eigenvalue weighted by atomic mass is 32.1. The van der Waals surface area contributed by atoms with Crippen molar-refractivity contribution in [2.45, 2.75) is 51.7 Å². The van der Waals surface area contributed by atoms with Crippen molar-refractivity contribution >= 4 is 17.2 Å². The van der Waals surface area contributed by atoms with Crippen molar-refractivity contribution in [1.29, 1.82) is 0 Å². The first-order chi connectivity index (χ1) is 15.0. The van der Waals surface area contributed by atoms with Crippen LogP contribution in [0.2, 0.25) is 0 Å². The van der Waals surface area contributed by atoms with Crippen molar-refractivity contribution in [3.8, 4) is 5.75 Å². The lowest BCUT2D eigenvalue weighted by Gasteiger charge is -2.37. The summed E-state index contributed by atoms with van der Waals surface area (Å²) in [6, 6.07) is 10.1. The lowest BCUT2D eigenvalue weighted by Crippen LogP contribution is -2.48. The number of ether oxygens (including phenoxy) is 1. The topological polar surface area (TPSA) is 53.0 Å². The number of aliphatic hydroxyl groups excluding tert-OH is 1. The zero-order valence-corrected chi connectivity index (χ0v) is 19.4. The number of amides is 1. The Labute approximate surface area is 189 Å². The largest absolute Gasteiger partial charge is 0.491 e. The number of fused-ring (bicyclic) bond motifs is 1. The molecule has 6 heteroatoms. The minimum absolute atomic E-state index is 0.0677. The molecule has 168 valence electrons. The Bertz CT molecular complexity index is 879. The predicted molar refractivity (Wildman–Crippen MR) is 125 cm³/mol. The molecule has 1 N–H and O–H groups in total. The second-order valence-electron chi connectivity index (χ2n) is 8.98. The van der Waals surface area contributed by atoms with Crippen LogP contribution in [0.15, 0.2) is 35.7 Å². The molecule has 4 rings (SSSR count). The average molecular weight is 443 g/mol. The Hall–Kier alpha value is -1.89. The molecule has 31 heavy (non-hydrogen) atoms. The van der Waals surface area contributed by atoms with Crippen LogP contribution in [0.25, 0.3) is 0 Å². The molecule has 0 saturated heterocycles. The van der Waals surface area contributed by atoms with Gasteiger partial charge in [0.2, 0.25) is 5.91 Å². The fraction of sp³-hybridized carbons (Fsp3) is 0.560. The summed E-state index contributed by atoms with van der Waals surface area (Å²) in [5.74, 6) is 1.66. The SMILES string of the molecule is CC[C@@H](O)CN(CC(=O)N1CCc2sccc2[C@H]1COc1cccc(C)c1)CC1CC1. The van der Waals surface area contributed by atoms with Crippen LogP contribution in [0.4, 0.5) is 0 Å². The first kappa shape index (κ1) is 22.3. The lowest BCUT2D eigenvalue weighted by atomic mass is 10.0. The van der Waals surface area contributed by atoms with Gasteiger partial charge in [-0.1, -0.05) is 19.1 Å². The Kier molecular flexibility index (Phi) is 7.31. The van der Waals surface area contributed by atoms with Gasteiger partial charge in [-0.15, -0.1) is 11.3 Å². The number of hydrogen-bond acceptors (Lipinski definition) is 5. The minimum Gasteiger partial charge on any atom is -0.491 e. The minimum atomic E-state index is -0.378. The molecule has 2 heterocycles. The first-order valence-electron chi connectivity index (χ1n) is 11.5. The van der Waals surface area contributed by atoms with Gasteiger partial charge in [0.05, 0.1) is 18.7 Å². The smallest absolute Gasteiger partial charge is 0.237 e. The van der Waals surface area contributed by atoms with E-state index >= 15 is 0 Å². The molecular weight excluding hydrogens is 408 g/mol. The van der Waals surface area contributed by atoms with E-state index in [9.17, 15) is 9.90 Å². The van der Waals surface area contributed by atoms with Gasteiger partial charge in [-0.3, -0.25) is 9.69 Å². The van der Waals surface area contributed by atoms with E-state index in [1.165, 1.54) is 23.3 Å². The molecule has 5 nitrogen and oxygen atoms in total. The van der Waals surface area contributed by atoms with Gasteiger partial charge in [0.15, 0.2) is 0 Å². The molecular formula is C25H34N2O3S. The summed E-state index contributed by atoms with van der Waals surface area (Å²) >= 11 is 1.77. The summed E-state index contributed by atoms with van der Waals surface area (Å²) in [6.07, 6.45) is 3.71. The van der Waals surface area contributed by atoms with Gasteiger partial charge in [0, 0.05) is 24.5 Å². The van der Waals surface area contributed by atoms with Crippen LogP contribution in [0, 0.1) is 12.8 Å². The van der Waals surface area contributed by atoms with Crippen LogP contribution in [0.3, 0.4) is 0 Å². The standard InChI is InChI=1S/C25H34N2O3S/c1-3-20(28)15-26(14-19-7-8-19)16-25(29)27-11-9-24-22(10-12-31-24)23(27)17-30-21-6-4-5-18(2)13-21/h4-6,10,12-13,19-20,23,28H,3,7-9,11,14-17H2,1-2H3/t20-,23-/m1/s1. The third-order valence-electron chi connectivity index (χ3n) is 6.33. The Morgan fingerprint density at radius 2 is 2.19 bits per heavy atom. The van der Waals surface area contributed by atoms with Crippen molar-refractivity contribution in [3.63, 3.8) is 0 Å². The first-order valence-corrected chi connectivity index (χ1v) is 12.4. The third-order valence-corrected chi connectivity index (χ3v) is 7.32. The fourth-order valence-corrected chi connectivity index (χ4v) is 5.26. The average Bonchev–Trinajstić information content (AvgIpc) is 3.43. The number of carbonyl (C=O) groups is 1. The number of thiophene rings is 1. The van der Waals surface area contributed by atoms with Gasteiger partial charge < -0.3 is 14.7 Å². The van der Waals surface area contributed by atoms with E-state index in [0.29, 0.717) is 32.0 Å². The summed E-state index contributed by atoms with van der Waals surface area (Å²) in [6.45, 7) is 7.07. The van der Waals surface area contributed by atoms with Crippen molar-refractivity contribution in [2.24, 2.45) is 5.92 Å². The molecule has 0 bridgehead atoms. The molecule has 1 aliphatic heterocycles. The summed E-state index contributed by atoms with van der Waals surface area (Å²) in [7, 11) is 0. The van der Waals surface area contributed by atoms with E-state index in [-0.39, 0.29) is 18.1 Å². The molecule has 1 saturated carbocycles. The van der Waals surface area contributed by atoms with E-state index in [1.54, 1.807) is 11.3 Å². The molecule has 2 aromatic rings. The highest BCUT2D eigenvalue weighted by Crippen LogP contribution is 2.34. The fourth-order valence-electron chi connectivity index (χ4n) is 4.33. The molecule has 1 aliphatic carbocycles. The molecule has 1 amide bonds. The summed E-state index contributed by atoms with van der Waals surface area (Å²) in [5, 5.41) is 12.3. The van der Waals surface area contributed by atoms with Gasteiger partial charge in [-0.25, -0.2) is 0 Å². The van der Waals surface area contributed by atoms with E-state index in [4.69, 9.17) is 4.74 Å². The zero-order valence-electron chi connectivity index (χ0n) is 18.6. The Balaban J connectivity index is 1.46. The predicted octanol–water partition coefficient (Wildman–Crippen LogP) is 4.04. The number of rotatable bonds is 10. The van der Waals surface area contributed by atoms with Crippen LogP contribution < -0.4 is 4.74 Å². The van der Waals surface area contributed by atoms with Gasteiger partial charge in [-0.2, -0.15) is 0 Å².